The number of Topliss-reactive ketones (excluding diaryl/α,β-unsaturated/α-hetero) is 1. The minimum atomic E-state index is -1.28. The molecule has 8 atom stereocenters. The average molecular weight is 434 g/mol. The molecule has 0 unspecified atom stereocenters. The molecule has 1 heterocycles. The van der Waals surface area contributed by atoms with E-state index in [4.69, 9.17) is 0 Å². The summed E-state index contributed by atoms with van der Waals surface area (Å²) >= 11 is 0. The zero-order chi connectivity index (χ0) is 23.1. The molecule has 1 spiro atoms. The number of aliphatic hydroxyl groups excluding tert-OH is 3. The lowest BCUT2D eigenvalue weighted by atomic mass is 9.54. The topological polar surface area (TPSA) is 107 Å². The average Bonchev–Trinajstić information content (AvgIpc) is 2.96. The first kappa shape index (κ1) is 24.1. The monoisotopic (exact) mass is 433 g/mol. The summed E-state index contributed by atoms with van der Waals surface area (Å²) in [7, 11) is 0. The van der Waals surface area contributed by atoms with Gasteiger partial charge in [0.05, 0.1) is 12.2 Å². The summed E-state index contributed by atoms with van der Waals surface area (Å²) in [5.74, 6) is -0.941. The molecule has 0 aromatic carbocycles. The maximum absolute atomic E-state index is 13.8. The first-order valence-electron chi connectivity index (χ1n) is 11.7. The van der Waals surface area contributed by atoms with E-state index in [0.29, 0.717) is 12.3 Å². The summed E-state index contributed by atoms with van der Waals surface area (Å²) < 4.78 is 0. The number of nitrogens with one attached hydrogen (secondary N) is 1. The number of carbonyl (C=O) groups excluding carboxylic acids is 2. The van der Waals surface area contributed by atoms with E-state index in [1.54, 1.807) is 0 Å². The molecule has 6 nitrogen and oxygen atoms in total. The molecule has 2 aliphatic carbocycles. The van der Waals surface area contributed by atoms with Crippen molar-refractivity contribution < 1.29 is 24.9 Å². The highest BCUT2D eigenvalue weighted by molar-refractivity contribution is 6.09. The first-order chi connectivity index (χ1) is 14.5. The summed E-state index contributed by atoms with van der Waals surface area (Å²) in [5, 5.41) is 34.1. The molecule has 6 heteroatoms. The van der Waals surface area contributed by atoms with Crippen LogP contribution in [0.5, 0.6) is 0 Å². The van der Waals surface area contributed by atoms with E-state index in [2.05, 4.69) is 39.1 Å². The van der Waals surface area contributed by atoms with Gasteiger partial charge in [-0.2, -0.15) is 0 Å². The molecule has 1 aliphatic heterocycles. The summed E-state index contributed by atoms with van der Waals surface area (Å²) in [6.07, 6.45) is 2.98. The van der Waals surface area contributed by atoms with Crippen LogP contribution in [0.25, 0.3) is 0 Å². The number of hydrogen-bond donors (Lipinski definition) is 4. The van der Waals surface area contributed by atoms with Crippen molar-refractivity contribution in [2.45, 2.75) is 78.6 Å². The Labute approximate surface area is 185 Å². The van der Waals surface area contributed by atoms with Crippen molar-refractivity contribution in [3.63, 3.8) is 0 Å². The number of amides is 1. The van der Waals surface area contributed by atoms with Crippen LogP contribution in [0.2, 0.25) is 0 Å². The van der Waals surface area contributed by atoms with Crippen LogP contribution in [0.3, 0.4) is 0 Å². The fraction of sp³-hybridized carbons (Fsp3) is 0.760. The highest BCUT2D eigenvalue weighted by atomic mass is 16.3. The van der Waals surface area contributed by atoms with Gasteiger partial charge < -0.3 is 20.6 Å². The molecule has 174 valence electrons. The Kier molecular flexibility index (Phi) is 7.14. The third kappa shape index (κ3) is 4.27. The second-order valence-electron chi connectivity index (χ2n) is 10.6. The SMILES string of the molecule is CC1=C[C@@H]2/C=C(\C)C[C@H](CO)C[C@H](O)[C@@H](O)CC(=O)[C@]23C(=O)N[C@@H](CC(C)C)[C@@H]3[C@@H]1C. The van der Waals surface area contributed by atoms with Crippen molar-refractivity contribution in [2.24, 2.45) is 35.0 Å². The summed E-state index contributed by atoms with van der Waals surface area (Å²) in [5.41, 5.74) is 0.874. The summed E-state index contributed by atoms with van der Waals surface area (Å²) in [4.78, 5) is 27.5. The van der Waals surface area contributed by atoms with Gasteiger partial charge in [0.2, 0.25) is 5.91 Å². The fourth-order valence-electron chi connectivity index (χ4n) is 6.25. The van der Waals surface area contributed by atoms with Crippen LogP contribution in [-0.4, -0.2) is 51.9 Å². The van der Waals surface area contributed by atoms with Gasteiger partial charge in [0, 0.05) is 30.9 Å². The van der Waals surface area contributed by atoms with Crippen molar-refractivity contribution >= 4 is 11.7 Å². The highest BCUT2D eigenvalue weighted by Crippen LogP contribution is 2.55. The molecule has 0 aromatic rings. The van der Waals surface area contributed by atoms with Crippen molar-refractivity contribution in [3.8, 4) is 0 Å². The van der Waals surface area contributed by atoms with E-state index in [1.165, 1.54) is 5.57 Å². The highest BCUT2D eigenvalue weighted by Gasteiger charge is 2.65. The van der Waals surface area contributed by atoms with E-state index < -0.39 is 23.5 Å². The second-order valence-corrected chi connectivity index (χ2v) is 10.6. The molecule has 31 heavy (non-hydrogen) atoms. The van der Waals surface area contributed by atoms with Gasteiger partial charge in [0.15, 0.2) is 5.78 Å². The van der Waals surface area contributed by atoms with Crippen LogP contribution in [-0.2, 0) is 9.59 Å². The van der Waals surface area contributed by atoms with E-state index in [0.717, 1.165) is 12.0 Å². The number of ketones is 1. The predicted octanol–water partition coefficient (Wildman–Crippen LogP) is 2.38. The van der Waals surface area contributed by atoms with E-state index >= 15 is 0 Å². The minimum absolute atomic E-state index is 0.0500. The van der Waals surface area contributed by atoms with E-state index in [1.807, 2.05) is 13.0 Å². The van der Waals surface area contributed by atoms with Gasteiger partial charge in [0.1, 0.15) is 5.41 Å². The van der Waals surface area contributed by atoms with Crippen LogP contribution in [0.1, 0.15) is 60.3 Å². The maximum Gasteiger partial charge on any atom is 0.235 e. The van der Waals surface area contributed by atoms with Crippen LogP contribution in [0.15, 0.2) is 23.3 Å². The molecule has 4 N–H and O–H groups in total. The molecular formula is C25H39NO5. The molecule has 3 aliphatic rings. The van der Waals surface area contributed by atoms with Gasteiger partial charge in [-0.25, -0.2) is 0 Å². The van der Waals surface area contributed by atoms with Gasteiger partial charge >= 0.3 is 0 Å². The Hall–Kier alpha value is -1.50. The van der Waals surface area contributed by atoms with Crippen LogP contribution in [0, 0.1) is 35.0 Å². The molecule has 0 aromatic heterocycles. The number of rotatable bonds is 3. The molecule has 0 radical (unpaired) electrons. The standard InChI is InChI=1S/C25H39NO5/c1-13(2)6-19-23-16(5)15(4)9-18-8-14(3)7-17(12-27)10-20(28)21(29)11-22(30)25(18,23)24(31)26-19/h8-9,13,16-21,23,27-29H,6-7,10-12H2,1-5H3,(H,26,31)/b14-8+/t16-,17+,18+,19+,20+,21+,23+,25-/m1/s1. The third-order valence-corrected chi connectivity index (χ3v) is 7.81. The van der Waals surface area contributed by atoms with E-state index in [-0.39, 0.29) is 54.9 Å². The number of carbonyl (C=O) groups is 2. The lowest BCUT2D eigenvalue weighted by Crippen LogP contribution is -2.53. The Balaban J connectivity index is 2.18. The Morgan fingerprint density at radius 1 is 1.13 bits per heavy atom. The van der Waals surface area contributed by atoms with Gasteiger partial charge in [-0.15, -0.1) is 0 Å². The first-order valence-corrected chi connectivity index (χ1v) is 11.7. The Bertz CT molecular complexity index is 772. The van der Waals surface area contributed by atoms with Crippen LogP contribution < -0.4 is 5.32 Å². The molecule has 0 saturated carbocycles. The second kappa shape index (κ2) is 9.16. The quantitative estimate of drug-likeness (QED) is 0.404. The number of hydrogen-bond acceptors (Lipinski definition) is 5. The van der Waals surface area contributed by atoms with Crippen molar-refractivity contribution in [1.82, 2.24) is 5.32 Å². The number of aliphatic hydroxyl groups is 3. The lowest BCUT2D eigenvalue weighted by Gasteiger charge is -2.45. The molecule has 3 rings (SSSR count). The summed E-state index contributed by atoms with van der Waals surface area (Å²) in [6.45, 7) is 10.2. The Morgan fingerprint density at radius 2 is 1.81 bits per heavy atom. The molecule has 1 saturated heterocycles. The summed E-state index contributed by atoms with van der Waals surface area (Å²) in [6, 6.07) is -0.108. The molecule has 1 amide bonds. The van der Waals surface area contributed by atoms with Crippen LogP contribution >= 0.6 is 0 Å². The smallest absolute Gasteiger partial charge is 0.235 e. The van der Waals surface area contributed by atoms with Crippen molar-refractivity contribution in [1.29, 1.82) is 0 Å². The van der Waals surface area contributed by atoms with Gasteiger partial charge in [0.25, 0.3) is 0 Å². The van der Waals surface area contributed by atoms with E-state index in [9.17, 15) is 24.9 Å². The zero-order valence-corrected chi connectivity index (χ0v) is 19.5. The van der Waals surface area contributed by atoms with Crippen molar-refractivity contribution in [3.05, 3.63) is 23.3 Å². The van der Waals surface area contributed by atoms with Crippen LogP contribution in [0.4, 0.5) is 0 Å². The van der Waals surface area contributed by atoms with Gasteiger partial charge in [-0.1, -0.05) is 44.1 Å². The van der Waals surface area contributed by atoms with Gasteiger partial charge in [-0.3, -0.25) is 9.59 Å². The minimum Gasteiger partial charge on any atom is -0.396 e. The normalized spacial score (nSPS) is 43.3. The molecule has 1 fully saturated rings. The predicted molar refractivity (Wildman–Crippen MR) is 119 cm³/mol. The molecular weight excluding hydrogens is 394 g/mol. The van der Waals surface area contributed by atoms with Crippen molar-refractivity contribution in [2.75, 3.05) is 6.61 Å². The molecule has 0 bridgehead atoms. The maximum atomic E-state index is 13.8. The third-order valence-electron chi connectivity index (χ3n) is 7.81. The lowest BCUT2D eigenvalue weighted by molar-refractivity contribution is -0.147. The largest absolute Gasteiger partial charge is 0.396 e. The number of allylic oxidation sites excluding steroid dienone is 4. The zero-order valence-electron chi connectivity index (χ0n) is 19.5. The Morgan fingerprint density at radius 3 is 2.42 bits per heavy atom. The fourth-order valence-corrected chi connectivity index (χ4v) is 6.25. The van der Waals surface area contributed by atoms with Gasteiger partial charge in [-0.05, 0) is 50.9 Å².